The lowest BCUT2D eigenvalue weighted by Crippen LogP contribution is -2.28. The van der Waals surface area contributed by atoms with Crippen LogP contribution >= 0.6 is 0 Å². The van der Waals surface area contributed by atoms with E-state index >= 15 is 0 Å². The lowest BCUT2D eigenvalue weighted by Gasteiger charge is -2.25. The smallest absolute Gasteiger partial charge is 0.406 e. The van der Waals surface area contributed by atoms with Crippen molar-refractivity contribution in [3.63, 3.8) is 0 Å². The number of hydrogen-bond acceptors (Lipinski definition) is 4. The molecule has 0 spiro atoms. The number of pyridine rings is 1. The predicted molar refractivity (Wildman–Crippen MR) is 134 cm³/mol. The van der Waals surface area contributed by atoms with E-state index in [-0.39, 0.29) is 23.1 Å². The van der Waals surface area contributed by atoms with Crippen molar-refractivity contribution in [2.75, 3.05) is 13.1 Å². The van der Waals surface area contributed by atoms with Crippen molar-refractivity contribution in [1.82, 2.24) is 19.4 Å². The summed E-state index contributed by atoms with van der Waals surface area (Å²) in [6, 6.07) is 15.1. The number of carbonyl (C=O) groups excluding carboxylic acids is 1. The highest BCUT2D eigenvalue weighted by Crippen LogP contribution is 2.34. The number of aromatic nitrogens is 3. The first-order valence-electron chi connectivity index (χ1n) is 12.1. The molecule has 2 aromatic carbocycles. The first-order chi connectivity index (χ1) is 17.5. The third kappa shape index (κ3) is 5.16. The van der Waals surface area contributed by atoms with Gasteiger partial charge >= 0.3 is 6.36 Å². The van der Waals surface area contributed by atoms with E-state index in [0.29, 0.717) is 35.6 Å². The van der Waals surface area contributed by atoms with Crippen molar-refractivity contribution in [1.29, 1.82) is 0 Å². The number of ether oxygens (including phenoxy) is 1. The number of nitrogens with zero attached hydrogens (tertiary/aromatic N) is 4. The second-order valence-electron chi connectivity index (χ2n) is 10.2. The summed E-state index contributed by atoms with van der Waals surface area (Å²) in [5, 5.41) is 0. The number of carbonyl (C=O) groups is 1. The van der Waals surface area contributed by atoms with Crippen LogP contribution in [0.1, 0.15) is 49.0 Å². The third-order valence-electron chi connectivity index (χ3n) is 6.55. The quantitative estimate of drug-likeness (QED) is 0.321. The highest BCUT2D eigenvalue weighted by atomic mass is 19.4. The van der Waals surface area contributed by atoms with E-state index in [1.165, 1.54) is 12.1 Å². The van der Waals surface area contributed by atoms with Gasteiger partial charge in [-0.1, -0.05) is 6.07 Å². The van der Waals surface area contributed by atoms with Crippen molar-refractivity contribution in [3.8, 4) is 17.1 Å². The number of halogens is 3. The molecule has 37 heavy (non-hydrogen) atoms. The van der Waals surface area contributed by atoms with Crippen LogP contribution in [0.5, 0.6) is 5.75 Å². The molecule has 1 saturated heterocycles. The van der Waals surface area contributed by atoms with Crippen molar-refractivity contribution < 1.29 is 22.7 Å². The van der Waals surface area contributed by atoms with Crippen molar-refractivity contribution in [2.24, 2.45) is 0 Å². The Kier molecular flexibility index (Phi) is 6.17. The average molecular weight is 509 g/mol. The molecule has 192 valence electrons. The maximum atomic E-state index is 13.3. The molecule has 0 bridgehead atoms. The van der Waals surface area contributed by atoms with Crippen LogP contribution in [0, 0.1) is 0 Å². The molecule has 3 heterocycles. The molecule has 2 aromatic heterocycles. The van der Waals surface area contributed by atoms with Crippen LogP contribution in [0.4, 0.5) is 13.2 Å². The van der Waals surface area contributed by atoms with E-state index in [1.807, 2.05) is 60.7 Å². The Morgan fingerprint density at radius 3 is 2.46 bits per heavy atom. The van der Waals surface area contributed by atoms with Crippen molar-refractivity contribution in [2.45, 2.75) is 45.0 Å². The summed E-state index contributed by atoms with van der Waals surface area (Å²) >= 11 is 0. The number of alkyl halides is 3. The predicted octanol–water partition coefficient (Wildman–Crippen LogP) is 6.38. The first-order valence-corrected chi connectivity index (χ1v) is 12.1. The minimum atomic E-state index is -4.75. The van der Waals surface area contributed by atoms with Crippen LogP contribution in [0.2, 0.25) is 0 Å². The standard InChI is InChI=1S/C28H27F3N4O2/c1-27(2,3)35-24-11-8-19(26(36)34-14-12-21(17-34)20-5-4-13-32-16-20)15-23(24)33-25(35)18-6-9-22(10-7-18)37-28(29,30)31/h4-11,13,15-16,21H,12,14,17H2,1-3H3. The van der Waals surface area contributed by atoms with Gasteiger partial charge in [-0.2, -0.15) is 0 Å². The summed E-state index contributed by atoms with van der Waals surface area (Å²) in [6.45, 7) is 7.39. The molecule has 1 aliphatic heterocycles. The molecule has 4 aromatic rings. The monoisotopic (exact) mass is 508 g/mol. The fourth-order valence-corrected chi connectivity index (χ4v) is 4.91. The van der Waals surface area contributed by atoms with Crippen LogP contribution in [-0.2, 0) is 5.54 Å². The molecular formula is C28H27F3N4O2. The van der Waals surface area contributed by atoms with Gasteiger partial charge in [0.2, 0.25) is 0 Å². The normalized spacial score (nSPS) is 16.4. The van der Waals surface area contributed by atoms with Crippen molar-refractivity contribution in [3.05, 3.63) is 78.1 Å². The van der Waals surface area contributed by atoms with Crippen LogP contribution in [0.25, 0.3) is 22.4 Å². The maximum absolute atomic E-state index is 13.3. The van der Waals surface area contributed by atoms with Gasteiger partial charge in [0.05, 0.1) is 11.0 Å². The number of fused-ring (bicyclic) bond motifs is 1. The Morgan fingerprint density at radius 2 is 1.81 bits per heavy atom. The van der Waals surface area contributed by atoms with Gasteiger partial charge in [-0.25, -0.2) is 4.98 Å². The molecule has 1 amide bonds. The van der Waals surface area contributed by atoms with E-state index in [1.54, 1.807) is 24.4 Å². The Labute approximate surface area is 212 Å². The van der Waals surface area contributed by atoms with Gasteiger partial charge in [-0.15, -0.1) is 13.2 Å². The summed E-state index contributed by atoms with van der Waals surface area (Å²) in [4.78, 5) is 24.2. The summed E-state index contributed by atoms with van der Waals surface area (Å²) in [5.74, 6) is 0.521. The van der Waals surface area contributed by atoms with Gasteiger partial charge < -0.3 is 14.2 Å². The van der Waals surface area contributed by atoms with Gasteiger partial charge in [-0.3, -0.25) is 9.78 Å². The Hall–Kier alpha value is -3.88. The van der Waals surface area contributed by atoms with E-state index < -0.39 is 6.36 Å². The Morgan fingerprint density at radius 1 is 1.05 bits per heavy atom. The van der Waals surface area contributed by atoms with Gasteiger partial charge in [0.15, 0.2) is 0 Å². The molecule has 9 heteroatoms. The zero-order valence-corrected chi connectivity index (χ0v) is 20.8. The molecular weight excluding hydrogens is 481 g/mol. The topological polar surface area (TPSA) is 60.3 Å². The molecule has 1 unspecified atom stereocenters. The fraction of sp³-hybridized carbons (Fsp3) is 0.321. The third-order valence-corrected chi connectivity index (χ3v) is 6.55. The second kappa shape index (κ2) is 9.21. The molecule has 1 fully saturated rings. The summed E-state index contributed by atoms with van der Waals surface area (Å²) in [7, 11) is 0. The van der Waals surface area contributed by atoms with Crippen molar-refractivity contribution >= 4 is 16.9 Å². The molecule has 0 saturated carbocycles. The molecule has 0 radical (unpaired) electrons. The highest BCUT2D eigenvalue weighted by Gasteiger charge is 2.32. The first kappa shape index (κ1) is 24.8. The van der Waals surface area contributed by atoms with Crippen LogP contribution < -0.4 is 4.74 Å². The van der Waals surface area contributed by atoms with E-state index in [2.05, 4.69) is 9.72 Å². The van der Waals surface area contributed by atoms with Gasteiger partial charge in [-0.05, 0) is 81.3 Å². The van der Waals surface area contributed by atoms with Gasteiger partial charge in [0.25, 0.3) is 5.91 Å². The van der Waals surface area contributed by atoms with E-state index in [9.17, 15) is 18.0 Å². The molecule has 1 aliphatic rings. The molecule has 0 aliphatic carbocycles. The summed E-state index contributed by atoms with van der Waals surface area (Å²) in [6.07, 6.45) is -0.272. The Balaban J connectivity index is 1.45. The molecule has 6 nitrogen and oxygen atoms in total. The van der Waals surface area contributed by atoms with E-state index in [4.69, 9.17) is 4.98 Å². The second-order valence-corrected chi connectivity index (χ2v) is 10.2. The van der Waals surface area contributed by atoms with Gasteiger partial charge in [0.1, 0.15) is 11.6 Å². The lowest BCUT2D eigenvalue weighted by molar-refractivity contribution is -0.274. The fourth-order valence-electron chi connectivity index (χ4n) is 4.91. The largest absolute Gasteiger partial charge is 0.573 e. The van der Waals surface area contributed by atoms with Crippen LogP contribution in [-0.4, -0.2) is 44.8 Å². The number of benzene rings is 2. The number of rotatable bonds is 4. The minimum absolute atomic E-state index is 0.0474. The Bertz CT molecular complexity index is 1420. The average Bonchev–Trinajstić information content (AvgIpc) is 3.48. The summed E-state index contributed by atoms with van der Waals surface area (Å²) in [5.41, 5.74) is 3.45. The highest BCUT2D eigenvalue weighted by molar-refractivity contribution is 5.98. The van der Waals surface area contributed by atoms with E-state index in [0.717, 1.165) is 17.5 Å². The number of hydrogen-bond donors (Lipinski definition) is 0. The molecule has 0 N–H and O–H groups in total. The van der Waals surface area contributed by atoms with Crippen LogP contribution in [0.15, 0.2) is 67.0 Å². The number of amides is 1. The SMILES string of the molecule is CC(C)(C)n1c(-c2ccc(OC(F)(F)F)cc2)nc2cc(C(=O)N3CCC(c4cccnc4)C3)ccc21. The lowest BCUT2D eigenvalue weighted by atomic mass is 10.0. The maximum Gasteiger partial charge on any atom is 0.573 e. The zero-order chi connectivity index (χ0) is 26.4. The van der Waals surface area contributed by atoms with Crippen LogP contribution in [0.3, 0.4) is 0 Å². The zero-order valence-electron chi connectivity index (χ0n) is 20.8. The molecule has 5 rings (SSSR count). The minimum Gasteiger partial charge on any atom is -0.406 e. The number of likely N-dealkylation sites (tertiary alicyclic amines) is 1. The molecule has 1 atom stereocenters. The van der Waals surface area contributed by atoms with Gasteiger partial charge in [0, 0.05) is 48.1 Å². The summed E-state index contributed by atoms with van der Waals surface area (Å²) < 4.78 is 43.8. The number of imidazole rings is 1.